The van der Waals surface area contributed by atoms with Crippen molar-refractivity contribution in [1.82, 2.24) is 0 Å². The summed E-state index contributed by atoms with van der Waals surface area (Å²) >= 11 is -0.399. The van der Waals surface area contributed by atoms with Crippen LogP contribution in [0.2, 0.25) is 0 Å². The zero-order valence-corrected chi connectivity index (χ0v) is 10.2. The van der Waals surface area contributed by atoms with Crippen LogP contribution in [0.15, 0.2) is 0 Å². The second-order valence-corrected chi connectivity index (χ2v) is 2.92. The van der Waals surface area contributed by atoms with Gasteiger partial charge in [-0.25, -0.2) is 0 Å². The van der Waals surface area contributed by atoms with E-state index in [0.717, 1.165) is 4.43 Å². The summed E-state index contributed by atoms with van der Waals surface area (Å²) < 4.78 is 9.39. The Morgan fingerprint density at radius 3 is 2.29 bits per heavy atom. The summed E-state index contributed by atoms with van der Waals surface area (Å²) in [7, 11) is 0. The molecule has 0 radical (unpaired) electrons. The van der Waals surface area contributed by atoms with Crippen molar-refractivity contribution in [3.8, 4) is 0 Å². The van der Waals surface area contributed by atoms with Crippen molar-refractivity contribution in [2.45, 2.75) is 19.8 Å². The molecule has 0 saturated heterocycles. The van der Waals surface area contributed by atoms with Gasteiger partial charge in [-0.2, -0.15) is 0 Å². The van der Waals surface area contributed by atoms with Crippen LogP contribution in [0.4, 0.5) is 0 Å². The van der Waals surface area contributed by atoms with Crippen molar-refractivity contribution in [1.29, 1.82) is 0 Å². The van der Waals surface area contributed by atoms with Crippen molar-refractivity contribution < 1.29 is 76.4 Å². The molecule has 0 unspecified atom stereocenters. The van der Waals surface area contributed by atoms with Crippen LogP contribution in [0.3, 0.4) is 0 Å². The van der Waals surface area contributed by atoms with Crippen LogP contribution < -0.4 is 73.0 Å². The summed E-state index contributed by atoms with van der Waals surface area (Å²) in [5.74, 6) is 0. The third-order valence-electron chi connectivity index (χ3n) is 0.572. The van der Waals surface area contributed by atoms with Crippen LogP contribution in [0.1, 0.15) is 19.8 Å². The van der Waals surface area contributed by atoms with Crippen LogP contribution in [0, 0.1) is 0 Å². The molecule has 0 aliphatic carbocycles. The van der Waals surface area contributed by atoms with Crippen LogP contribution in [-0.2, 0) is 0 Å². The minimum atomic E-state index is -0.399. The average Bonchev–Trinajstić information content (AvgIpc) is 1.61. The fourth-order valence-electron chi connectivity index (χ4n) is 0.193. The third-order valence-corrected chi connectivity index (χ3v) is 1.82. The van der Waals surface area contributed by atoms with Crippen LogP contribution in [0.5, 0.6) is 0 Å². The summed E-state index contributed by atoms with van der Waals surface area (Å²) in [5, 5.41) is 0. The van der Waals surface area contributed by atoms with Crippen molar-refractivity contribution in [3.63, 3.8) is 0 Å². The first kappa shape index (κ1) is 12.0. The van der Waals surface area contributed by atoms with Crippen molar-refractivity contribution in [2.75, 3.05) is 4.43 Å². The molecule has 1 N–H and O–H groups in total. The molecule has 0 aromatic heterocycles. The first-order valence-corrected chi connectivity index (χ1v) is 4.63. The summed E-state index contributed by atoms with van der Waals surface area (Å²) in [5.41, 5.74) is 0. The second-order valence-electron chi connectivity index (χ2n) is 1.16. The van der Waals surface area contributed by atoms with Gasteiger partial charge in [-0.05, 0) is 0 Å². The molecule has 0 aliphatic heterocycles. The normalized spacial score (nSPS) is 8.29. The fraction of sp³-hybridized carbons (Fsp3) is 1.00. The third kappa shape index (κ3) is 11.7. The minimum Gasteiger partial charge on any atom is 1.00 e. The van der Waals surface area contributed by atoms with Crippen molar-refractivity contribution in [3.05, 3.63) is 0 Å². The second kappa shape index (κ2) is 11.2. The standard InChI is InChI=1S/C4H10IO.K/c1-2-3-4-5-6;/h6H,2-4H2,1H3;/q-1;+1. The number of rotatable bonds is 3. The molecule has 0 saturated carbocycles. The minimum absolute atomic E-state index is 0. The molecule has 0 bridgehead atoms. The van der Waals surface area contributed by atoms with E-state index in [-0.39, 0.29) is 51.4 Å². The van der Waals surface area contributed by atoms with Gasteiger partial charge in [0.15, 0.2) is 0 Å². The van der Waals surface area contributed by atoms with Crippen molar-refractivity contribution >= 4 is 0 Å². The molecule has 0 rings (SSSR count). The molecule has 3 heteroatoms. The molecule has 0 amide bonds. The Hall–Kier alpha value is 2.33. The number of hydrogen-bond acceptors (Lipinski definition) is 1. The van der Waals surface area contributed by atoms with E-state index >= 15 is 0 Å². The number of alkyl halides is 1. The molecule has 0 heterocycles. The van der Waals surface area contributed by atoms with Crippen LogP contribution in [0.25, 0.3) is 0 Å². The monoisotopic (exact) mass is 240 g/mol. The van der Waals surface area contributed by atoms with E-state index in [2.05, 4.69) is 6.92 Å². The van der Waals surface area contributed by atoms with E-state index in [1.165, 1.54) is 12.8 Å². The summed E-state index contributed by atoms with van der Waals surface area (Å²) in [4.78, 5) is 0. The van der Waals surface area contributed by atoms with Gasteiger partial charge >= 0.3 is 101 Å². The molecule has 40 valence electrons. The van der Waals surface area contributed by atoms with Gasteiger partial charge in [-0.1, -0.05) is 0 Å². The first-order chi connectivity index (χ1) is 2.91. The molecule has 0 aliphatic rings. The predicted octanol–water partition coefficient (Wildman–Crippen LogP) is -5.21. The smallest absolute Gasteiger partial charge is 1.00 e. The maximum Gasteiger partial charge on any atom is 1.00 e. The van der Waals surface area contributed by atoms with E-state index in [9.17, 15) is 0 Å². The molecule has 0 fully saturated rings. The van der Waals surface area contributed by atoms with Gasteiger partial charge in [0.1, 0.15) is 0 Å². The van der Waals surface area contributed by atoms with E-state index < -0.39 is 21.6 Å². The Bertz CT molecular complexity index is 23.7. The first-order valence-electron chi connectivity index (χ1n) is 2.14. The Balaban J connectivity index is 0. The Morgan fingerprint density at radius 2 is 2.14 bits per heavy atom. The fourth-order valence-corrected chi connectivity index (χ4v) is 1.30. The number of halogens is 1. The molecule has 1 nitrogen and oxygen atoms in total. The van der Waals surface area contributed by atoms with Gasteiger partial charge < -0.3 is 0 Å². The molecular formula is C4H10IKO. The quantitative estimate of drug-likeness (QED) is 0.226. The summed E-state index contributed by atoms with van der Waals surface area (Å²) in [6.07, 6.45) is 2.43. The Kier molecular flexibility index (Phi) is 19.2. The Morgan fingerprint density at radius 1 is 1.57 bits per heavy atom. The molecular weight excluding hydrogens is 230 g/mol. The summed E-state index contributed by atoms with van der Waals surface area (Å²) in [6, 6.07) is 0. The summed E-state index contributed by atoms with van der Waals surface area (Å²) in [6.45, 7) is 2.14. The average molecular weight is 240 g/mol. The van der Waals surface area contributed by atoms with Gasteiger partial charge in [0, 0.05) is 0 Å². The van der Waals surface area contributed by atoms with Gasteiger partial charge in [-0.15, -0.1) is 0 Å². The molecule has 0 aromatic carbocycles. The largest absolute Gasteiger partial charge is 1.00 e. The van der Waals surface area contributed by atoms with Gasteiger partial charge in [0.2, 0.25) is 0 Å². The maximum absolute atomic E-state index is 8.31. The molecule has 0 spiro atoms. The molecule has 0 aromatic rings. The van der Waals surface area contributed by atoms with Crippen LogP contribution in [-0.4, -0.2) is 7.86 Å². The Labute approximate surface area is 98.5 Å². The molecule has 7 heavy (non-hydrogen) atoms. The van der Waals surface area contributed by atoms with Gasteiger partial charge in [0.05, 0.1) is 0 Å². The van der Waals surface area contributed by atoms with Gasteiger partial charge in [-0.3, -0.25) is 0 Å². The van der Waals surface area contributed by atoms with E-state index in [1.54, 1.807) is 0 Å². The predicted molar refractivity (Wildman–Crippen MR) is 22.0 cm³/mol. The number of hydrogen-bond donors (Lipinski definition) is 1. The van der Waals surface area contributed by atoms with Crippen molar-refractivity contribution in [2.24, 2.45) is 0 Å². The zero-order valence-electron chi connectivity index (χ0n) is 4.95. The van der Waals surface area contributed by atoms with Gasteiger partial charge in [0.25, 0.3) is 0 Å². The maximum atomic E-state index is 8.31. The SMILES string of the molecule is CCCC[I-]O.[K+]. The zero-order chi connectivity index (χ0) is 4.83. The topological polar surface area (TPSA) is 20.2 Å². The number of unbranched alkanes of at least 4 members (excludes halogenated alkanes) is 1. The molecule has 0 atom stereocenters. The van der Waals surface area contributed by atoms with E-state index in [1.807, 2.05) is 0 Å². The van der Waals surface area contributed by atoms with E-state index in [0.29, 0.717) is 0 Å². The van der Waals surface area contributed by atoms with E-state index in [4.69, 9.17) is 3.44 Å². The van der Waals surface area contributed by atoms with Crippen LogP contribution >= 0.6 is 0 Å².